The first-order chi connectivity index (χ1) is 12.6. The molecule has 0 heterocycles. The lowest BCUT2D eigenvalue weighted by atomic mass is 10.1. The third-order valence-electron chi connectivity index (χ3n) is 4.15. The van der Waals surface area contributed by atoms with Gasteiger partial charge in [-0.3, -0.25) is 14.9 Å². The number of carbonyl (C=O) groups is 1. The van der Waals surface area contributed by atoms with Crippen LogP contribution in [-0.4, -0.2) is 16.6 Å². The van der Waals surface area contributed by atoms with E-state index < -0.39 is 4.92 Å². The van der Waals surface area contributed by atoms with Gasteiger partial charge in [0.25, 0.3) is 5.69 Å². The van der Waals surface area contributed by atoms with E-state index in [4.69, 9.17) is 0 Å². The summed E-state index contributed by atoms with van der Waals surface area (Å²) in [5, 5.41) is 16.1. The fourth-order valence-electron chi connectivity index (χ4n) is 2.81. The zero-order valence-electron chi connectivity index (χ0n) is 14.3. The average Bonchev–Trinajstić information content (AvgIpc) is 2.63. The normalized spacial score (nSPS) is 10.7. The molecular weight excluding hydrogens is 348 g/mol. The van der Waals surface area contributed by atoms with Crippen molar-refractivity contribution in [2.75, 3.05) is 11.1 Å². The number of hydrogen-bond acceptors (Lipinski definition) is 4. The molecule has 1 amide bonds. The first kappa shape index (κ1) is 17.9. The Morgan fingerprint density at radius 3 is 2.62 bits per heavy atom. The van der Waals surface area contributed by atoms with E-state index in [-0.39, 0.29) is 17.3 Å². The Labute approximate surface area is 155 Å². The van der Waals surface area contributed by atoms with Gasteiger partial charge in [-0.05, 0) is 29.3 Å². The van der Waals surface area contributed by atoms with Gasteiger partial charge in [-0.25, -0.2) is 0 Å². The van der Waals surface area contributed by atoms with E-state index in [1.54, 1.807) is 19.1 Å². The highest BCUT2D eigenvalue weighted by molar-refractivity contribution is 7.99. The number of nitrogens with one attached hydrogen (secondary N) is 1. The number of rotatable bonds is 6. The smallest absolute Gasteiger partial charge is 0.274 e. The van der Waals surface area contributed by atoms with Crippen molar-refractivity contribution >= 4 is 39.8 Å². The lowest BCUT2D eigenvalue weighted by Crippen LogP contribution is -2.15. The minimum Gasteiger partial charge on any atom is -0.325 e. The van der Waals surface area contributed by atoms with Gasteiger partial charge in [0.2, 0.25) is 5.91 Å². The van der Waals surface area contributed by atoms with E-state index in [0.717, 1.165) is 5.75 Å². The number of nitrogens with zero attached hydrogens (tertiary/aromatic N) is 1. The molecule has 3 aromatic carbocycles. The van der Waals surface area contributed by atoms with Crippen LogP contribution in [0.5, 0.6) is 0 Å². The van der Waals surface area contributed by atoms with Gasteiger partial charge in [-0.1, -0.05) is 48.5 Å². The molecule has 0 aliphatic rings. The summed E-state index contributed by atoms with van der Waals surface area (Å²) >= 11 is 1.52. The van der Waals surface area contributed by atoms with Crippen LogP contribution in [-0.2, 0) is 10.5 Å². The molecule has 0 radical (unpaired) electrons. The molecule has 0 bridgehead atoms. The Balaban J connectivity index is 1.61. The Kier molecular flexibility index (Phi) is 5.53. The fraction of sp³-hybridized carbons (Fsp3) is 0.150. The highest BCUT2D eigenvalue weighted by Crippen LogP contribution is 2.26. The maximum Gasteiger partial charge on any atom is 0.274 e. The van der Waals surface area contributed by atoms with Gasteiger partial charge in [-0.2, -0.15) is 0 Å². The maximum atomic E-state index is 12.2. The summed E-state index contributed by atoms with van der Waals surface area (Å²) in [7, 11) is 0. The molecule has 3 rings (SSSR count). The summed E-state index contributed by atoms with van der Waals surface area (Å²) in [5.74, 6) is 0.840. The zero-order chi connectivity index (χ0) is 18.5. The van der Waals surface area contributed by atoms with Gasteiger partial charge in [0.05, 0.1) is 21.9 Å². The van der Waals surface area contributed by atoms with Crippen molar-refractivity contribution in [2.45, 2.75) is 12.7 Å². The van der Waals surface area contributed by atoms with Crippen molar-refractivity contribution in [1.82, 2.24) is 0 Å². The second kappa shape index (κ2) is 8.01. The Morgan fingerprint density at radius 2 is 1.81 bits per heavy atom. The molecule has 0 saturated heterocycles. The first-order valence-corrected chi connectivity index (χ1v) is 9.30. The van der Waals surface area contributed by atoms with Crippen molar-refractivity contribution < 1.29 is 9.72 Å². The minimum absolute atomic E-state index is 0.00575. The molecule has 0 unspecified atom stereocenters. The number of amides is 1. The Morgan fingerprint density at radius 1 is 1.08 bits per heavy atom. The van der Waals surface area contributed by atoms with E-state index in [1.807, 2.05) is 18.2 Å². The standard InChI is InChI=1S/C20H18N2O3S/c1-14-18(10-5-11-19(14)22(24)25)21-20(23)13-26-12-16-8-4-7-15-6-2-3-9-17(15)16/h2-11H,12-13H2,1H3,(H,21,23). The van der Waals surface area contributed by atoms with E-state index in [9.17, 15) is 14.9 Å². The molecule has 3 aromatic rings. The monoisotopic (exact) mass is 366 g/mol. The molecule has 0 atom stereocenters. The third kappa shape index (κ3) is 4.03. The molecule has 1 N–H and O–H groups in total. The first-order valence-electron chi connectivity index (χ1n) is 8.14. The highest BCUT2D eigenvalue weighted by atomic mass is 32.2. The Bertz CT molecular complexity index is 967. The average molecular weight is 366 g/mol. The van der Waals surface area contributed by atoms with Crippen molar-refractivity contribution in [3.63, 3.8) is 0 Å². The highest BCUT2D eigenvalue weighted by Gasteiger charge is 2.14. The third-order valence-corrected chi connectivity index (χ3v) is 5.13. The Hall–Kier alpha value is -2.86. The van der Waals surface area contributed by atoms with Crippen molar-refractivity contribution in [3.05, 3.63) is 81.9 Å². The van der Waals surface area contributed by atoms with Gasteiger partial charge >= 0.3 is 0 Å². The topological polar surface area (TPSA) is 72.2 Å². The lowest BCUT2D eigenvalue weighted by Gasteiger charge is -2.09. The molecule has 0 aliphatic carbocycles. The summed E-state index contributed by atoms with van der Waals surface area (Å²) in [6.45, 7) is 1.64. The quantitative estimate of drug-likeness (QED) is 0.496. The minimum atomic E-state index is -0.444. The van der Waals surface area contributed by atoms with E-state index >= 15 is 0 Å². The van der Waals surface area contributed by atoms with Crippen LogP contribution >= 0.6 is 11.8 Å². The number of nitro benzene ring substituents is 1. The van der Waals surface area contributed by atoms with Crippen LogP contribution in [0.25, 0.3) is 10.8 Å². The molecule has 0 spiro atoms. The molecule has 5 nitrogen and oxygen atoms in total. The van der Waals surface area contributed by atoms with Crippen LogP contribution in [0, 0.1) is 17.0 Å². The van der Waals surface area contributed by atoms with E-state index in [0.29, 0.717) is 11.3 Å². The summed E-state index contributed by atoms with van der Waals surface area (Å²) in [4.78, 5) is 22.7. The predicted molar refractivity (Wildman–Crippen MR) is 107 cm³/mol. The van der Waals surface area contributed by atoms with E-state index in [1.165, 1.54) is 34.2 Å². The zero-order valence-corrected chi connectivity index (χ0v) is 15.1. The molecule has 132 valence electrons. The summed E-state index contributed by atoms with van der Waals surface area (Å²) in [5.41, 5.74) is 2.14. The van der Waals surface area contributed by atoms with Crippen LogP contribution in [0.2, 0.25) is 0 Å². The molecular formula is C20H18N2O3S. The molecule has 26 heavy (non-hydrogen) atoms. The van der Waals surface area contributed by atoms with Gasteiger partial charge in [0.15, 0.2) is 0 Å². The van der Waals surface area contributed by atoms with Gasteiger partial charge in [-0.15, -0.1) is 11.8 Å². The van der Waals surface area contributed by atoms with Crippen molar-refractivity contribution in [1.29, 1.82) is 0 Å². The summed E-state index contributed by atoms with van der Waals surface area (Å²) in [6, 6.07) is 19.0. The largest absolute Gasteiger partial charge is 0.325 e. The molecule has 0 saturated carbocycles. The molecule has 0 aromatic heterocycles. The number of hydrogen-bond donors (Lipinski definition) is 1. The number of carbonyl (C=O) groups excluding carboxylic acids is 1. The molecule has 0 fully saturated rings. The number of nitro groups is 1. The SMILES string of the molecule is Cc1c(NC(=O)CSCc2cccc3ccccc23)cccc1[N+](=O)[O-]. The van der Waals surface area contributed by atoms with Crippen LogP contribution < -0.4 is 5.32 Å². The van der Waals surface area contributed by atoms with Gasteiger partial charge < -0.3 is 5.32 Å². The fourth-order valence-corrected chi connectivity index (χ4v) is 3.65. The second-order valence-corrected chi connectivity index (χ2v) is 6.87. The summed E-state index contributed by atoms with van der Waals surface area (Å²) in [6.07, 6.45) is 0. The number of thioether (sulfide) groups is 1. The van der Waals surface area contributed by atoms with Gasteiger partial charge in [0.1, 0.15) is 0 Å². The van der Waals surface area contributed by atoms with Gasteiger partial charge in [0, 0.05) is 11.8 Å². The van der Waals surface area contributed by atoms with Crippen LogP contribution in [0.1, 0.15) is 11.1 Å². The predicted octanol–water partition coefficient (Wildman–Crippen LogP) is 4.93. The van der Waals surface area contributed by atoms with Crippen LogP contribution in [0.4, 0.5) is 11.4 Å². The number of benzene rings is 3. The van der Waals surface area contributed by atoms with Crippen LogP contribution in [0.3, 0.4) is 0 Å². The summed E-state index contributed by atoms with van der Waals surface area (Å²) < 4.78 is 0. The second-order valence-electron chi connectivity index (χ2n) is 5.89. The van der Waals surface area contributed by atoms with Crippen molar-refractivity contribution in [3.8, 4) is 0 Å². The van der Waals surface area contributed by atoms with Crippen molar-refractivity contribution in [2.24, 2.45) is 0 Å². The molecule has 0 aliphatic heterocycles. The van der Waals surface area contributed by atoms with E-state index in [2.05, 4.69) is 29.6 Å². The molecule has 6 heteroatoms. The lowest BCUT2D eigenvalue weighted by molar-refractivity contribution is -0.385. The maximum absolute atomic E-state index is 12.2. The van der Waals surface area contributed by atoms with Crippen LogP contribution in [0.15, 0.2) is 60.7 Å². The number of anilines is 1. The number of fused-ring (bicyclic) bond motifs is 1.